The SMILES string of the molecule is Cc1cc2c(cc1-c1ccc(-c3cc(-c4ccccn4)nc(-c4ccccn4)c3)cc1)C(C)(C)c1cc(-c3ccc4c(c3)c3ccccc3n4-c3ccccc3)c(C)cc1-2. The van der Waals surface area contributed by atoms with Gasteiger partial charge in [0.05, 0.1) is 33.8 Å². The molecule has 0 aliphatic heterocycles. The largest absolute Gasteiger partial charge is 0.309 e. The first kappa shape index (κ1) is 35.7. The molecule has 60 heavy (non-hydrogen) atoms. The lowest BCUT2D eigenvalue weighted by atomic mass is 9.80. The number of nitrogens with zero attached hydrogens (tertiary/aromatic N) is 4. The van der Waals surface area contributed by atoms with Gasteiger partial charge in [-0.25, -0.2) is 4.98 Å². The molecule has 4 heteroatoms. The lowest BCUT2D eigenvalue weighted by molar-refractivity contribution is 0.660. The summed E-state index contributed by atoms with van der Waals surface area (Å²) in [4.78, 5) is 14.2. The molecule has 0 spiro atoms. The summed E-state index contributed by atoms with van der Waals surface area (Å²) < 4.78 is 2.38. The molecule has 286 valence electrons. The molecule has 0 fully saturated rings. The van der Waals surface area contributed by atoms with Crippen LogP contribution >= 0.6 is 0 Å². The fourth-order valence-electron chi connectivity index (χ4n) is 9.49. The van der Waals surface area contributed by atoms with Crippen molar-refractivity contribution in [2.45, 2.75) is 33.1 Å². The van der Waals surface area contributed by atoms with E-state index in [0.29, 0.717) is 0 Å². The molecule has 1 aliphatic carbocycles. The van der Waals surface area contributed by atoms with Gasteiger partial charge in [-0.2, -0.15) is 0 Å². The van der Waals surface area contributed by atoms with Crippen LogP contribution in [0.4, 0.5) is 0 Å². The highest BCUT2D eigenvalue weighted by molar-refractivity contribution is 6.10. The predicted octanol–water partition coefficient (Wildman–Crippen LogP) is 14.2. The van der Waals surface area contributed by atoms with E-state index >= 15 is 0 Å². The Bertz CT molecular complexity index is 3210. The molecule has 0 saturated carbocycles. The zero-order valence-corrected chi connectivity index (χ0v) is 34.1. The minimum absolute atomic E-state index is 0.177. The van der Waals surface area contributed by atoms with Crippen LogP contribution in [0.1, 0.15) is 36.1 Å². The Kier molecular flexibility index (Phi) is 8.25. The lowest BCUT2D eigenvalue weighted by Gasteiger charge is -2.23. The van der Waals surface area contributed by atoms with Gasteiger partial charge in [0.1, 0.15) is 0 Å². The van der Waals surface area contributed by atoms with Gasteiger partial charge in [-0.15, -0.1) is 0 Å². The topological polar surface area (TPSA) is 43.6 Å². The van der Waals surface area contributed by atoms with Gasteiger partial charge < -0.3 is 4.57 Å². The van der Waals surface area contributed by atoms with Crippen molar-refractivity contribution in [1.82, 2.24) is 19.5 Å². The van der Waals surface area contributed by atoms with Crippen LogP contribution in [0, 0.1) is 13.8 Å². The van der Waals surface area contributed by atoms with Crippen molar-refractivity contribution >= 4 is 21.8 Å². The van der Waals surface area contributed by atoms with Gasteiger partial charge in [-0.1, -0.05) is 105 Å². The number of aromatic nitrogens is 4. The van der Waals surface area contributed by atoms with E-state index in [-0.39, 0.29) is 5.41 Å². The van der Waals surface area contributed by atoms with E-state index in [4.69, 9.17) is 4.98 Å². The van der Waals surface area contributed by atoms with E-state index in [0.717, 1.165) is 33.9 Å². The number of aryl methyl sites for hydroxylation is 2. The van der Waals surface area contributed by atoms with Crippen LogP contribution in [0.25, 0.3) is 94.8 Å². The maximum Gasteiger partial charge on any atom is 0.0900 e. The number of pyridine rings is 3. The molecule has 1 aliphatic rings. The zero-order valence-electron chi connectivity index (χ0n) is 34.1. The van der Waals surface area contributed by atoms with Crippen LogP contribution in [0.2, 0.25) is 0 Å². The number of rotatable bonds is 6. The first-order valence-electron chi connectivity index (χ1n) is 20.7. The summed E-state index contributed by atoms with van der Waals surface area (Å²) in [6, 6.07) is 61.3. The second kappa shape index (κ2) is 13.9. The molecule has 11 rings (SSSR count). The molecule has 0 saturated heterocycles. The van der Waals surface area contributed by atoms with Crippen molar-refractivity contribution < 1.29 is 0 Å². The molecular weight excluding hydrogens is 729 g/mol. The molecule has 10 aromatic rings. The van der Waals surface area contributed by atoms with Crippen LogP contribution in [0.15, 0.2) is 182 Å². The van der Waals surface area contributed by atoms with Crippen LogP contribution in [-0.4, -0.2) is 19.5 Å². The molecule has 0 atom stereocenters. The van der Waals surface area contributed by atoms with E-state index < -0.39 is 0 Å². The predicted molar refractivity (Wildman–Crippen MR) is 248 cm³/mol. The Labute approximate surface area is 350 Å². The summed E-state index contributed by atoms with van der Waals surface area (Å²) in [5, 5.41) is 2.54. The minimum Gasteiger partial charge on any atom is -0.309 e. The number of hydrogen-bond donors (Lipinski definition) is 0. The van der Waals surface area contributed by atoms with Gasteiger partial charge in [0.15, 0.2) is 0 Å². The number of benzene rings is 6. The van der Waals surface area contributed by atoms with Gasteiger partial charge in [0.25, 0.3) is 0 Å². The Morgan fingerprint density at radius 2 is 0.933 bits per heavy atom. The molecule has 0 N–H and O–H groups in total. The molecular formula is C56H42N4. The fourth-order valence-corrected chi connectivity index (χ4v) is 9.49. The Hall–Kier alpha value is -7.43. The fraction of sp³-hybridized carbons (Fsp3) is 0.0893. The molecule has 0 unspecified atom stereocenters. The summed E-state index contributed by atoms with van der Waals surface area (Å²) >= 11 is 0. The van der Waals surface area contributed by atoms with Gasteiger partial charge >= 0.3 is 0 Å². The van der Waals surface area contributed by atoms with Crippen molar-refractivity contribution in [1.29, 1.82) is 0 Å². The first-order valence-corrected chi connectivity index (χ1v) is 20.7. The summed E-state index contributed by atoms with van der Waals surface area (Å²) in [6.45, 7) is 9.29. The Morgan fingerprint density at radius 3 is 1.55 bits per heavy atom. The molecule has 4 nitrogen and oxygen atoms in total. The number of hydrogen-bond acceptors (Lipinski definition) is 3. The first-order chi connectivity index (χ1) is 29.3. The highest BCUT2D eigenvalue weighted by Gasteiger charge is 2.37. The maximum atomic E-state index is 4.98. The third-order valence-electron chi connectivity index (χ3n) is 12.6. The summed E-state index contributed by atoms with van der Waals surface area (Å²) in [5.41, 5.74) is 21.9. The van der Waals surface area contributed by atoms with Gasteiger partial charge in [0, 0.05) is 34.3 Å². The van der Waals surface area contributed by atoms with Gasteiger partial charge in [-0.3, -0.25) is 9.97 Å². The normalized spacial score (nSPS) is 12.8. The van der Waals surface area contributed by atoms with E-state index in [2.05, 4.69) is 176 Å². The monoisotopic (exact) mass is 770 g/mol. The quantitative estimate of drug-likeness (QED) is 0.169. The minimum atomic E-state index is -0.177. The summed E-state index contributed by atoms with van der Waals surface area (Å²) in [6.07, 6.45) is 3.62. The summed E-state index contributed by atoms with van der Waals surface area (Å²) in [7, 11) is 0. The van der Waals surface area contributed by atoms with Crippen LogP contribution in [0.5, 0.6) is 0 Å². The molecule has 0 amide bonds. The second-order valence-corrected chi connectivity index (χ2v) is 16.6. The highest BCUT2D eigenvalue weighted by Crippen LogP contribution is 2.52. The Morgan fingerprint density at radius 1 is 0.400 bits per heavy atom. The average molecular weight is 771 g/mol. The number of fused-ring (bicyclic) bond motifs is 6. The van der Waals surface area contributed by atoms with Crippen LogP contribution in [-0.2, 0) is 5.41 Å². The van der Waals surface area contributed by atoms with Gasteiger partial charge in [0.2, 0.25) is 0 Å². The van der Waals surface area contributed by atoms with Crippen LogP contribution in [0.3, 0.4) is 0 Å². The van der Waals surface area contributed by atoms with Gasteiger partial charge in [-0.05, 0) is 159 Å². The third kappa shape index (κ3) is 5.78. The summed E-state index contributed by atoms with van der Waals surface area (Å²) in [5.74, 6) is 0. The standard InChI is InChI=1S/C56H42N4/c1-35-28-45-46-29-36(2)44(39-24-25-55-47(30-39)42-16-8-9-19-54(42)60(55)41-14-6-5-7-15-41)34-49(46)56(3,4)48(45)33-43(35)38-22-20-37(21-23-38)40-31-52(50-17-10-12-26-57-50)59-53(32-40)51-18-11-13-27-58-51/h5-34H,1-4H3. The van der Waals surface area contributed by atoms with Crippen LogP contribution < -0.4 is 0 Å². The van der Waals surface area contributed by atoms with Crippen molar-refractivity contribution in [3.63, 3.8) is 0 Å². The third-order valence-corrected chi connectivity index (χ3v) is 12.6. The van der Waals surface area contributed by atoms with E-state index in [9.17, 15) is 0 Å². The van der Waals surface area contributed by atoms with Crippen molar-refractivity contribution in [2.24, 2.45) is 0 Å². The average Bonchev–Trinajstić information content (AvgIpc) is 3.73. The second-order valence-electron chi connectivity index (χ2n) is 16.6. The Balaban J connectivity index is 0.955. The number of para-hydroxylation sites is 2. The van der Waals surface area contributed by atoms with E-state index in [1.54, 1.807) is 0 Å². The zero-order chi connectivity index (χ0) is 40.5. The molecule has 4 heterocycles. The van der Waals surface area contributed by atoms with E-state index in [1.807, 2.05) is 48.8 Å². The molecule has 4 aromatic heterocycles. The van der Waals surface area contributed by atoms with Crippen molar-refractivity contribution in [3.05, 3.63) is 205 Å². The lowest BCUT2D eigenvalue weighted by Crippen LogP contribution is -2.15. The smallest absolute Gasteiger partial charge is 0.0900 e. The van der Waals surface area contributed by atoms with Crippen molar-refractivity contribution in [2.75, 3.05) is 0 Å². The molecule has 6 aromatic carbocycles. The van der Waals surface area contributed by atoms with E-state index in [1.165, 1.54) is 83.1 Å². The molecule has 0 bridgehead atoms. The molecule has 0 radical (unpaired) electrons. The maximum absolute atomic E-state index is 4.98. The van der Waals surface area contributed by atoms with Crippen molar-refractivity contribution in [3.8, 4) is 73.0 Å². The highest BCUT2D eigenvalue weighted by atomic mass is 15.0.